The fourth-order valence-electron chi connectivity index (χ4n) is 2.69. The van der Waals surface area contributed by atoms with Crippen LogP contribution in [0.15, 0.2) is 30.4 Å². The van der Waals surface area contributed by atoms with Crippen LogP contribution in [-0.4, -0.2) is 13.2 Å². The minimum atomic E-state index is -0.168. The molecule has 1 atom stereocenters. The van der Waals surface area contributed by atoms with E-state index in [0.717, 1.165) is 29.9 Å². The molecule has 1 aliphatic carbocycles. The minimum Gasteiger partial charge on any atom is -0.493 e. The summed E-state index contributed by atoms with van der Waals surface area (Å²) in [5.74, 6) is 1.48. The van der Waals surface area contributed by atoms with Gasteiger partial charge in [-0.15, -0.1) is 0 Å². The number of benzene rings is 1. The van der Waals surface area contributed by atoms with Crippen LogP contribution in [0.3, 0.4) is 0 Å². The maximum atomic E-state index is 9.11. The topological polar surface area (TPSA) is 42.2 Å². The minimum absolute atomic E-state index is 0.106. The Morgan fingerprint density at radius 3 is 2.70 bits per heavy atom. The molecule has 1 unspecified atom stereocenters. The number of rotatable bonds is 5. The Morgan fingerprint density at radius 2 is 2.15 bits per heavy atom. The van der Waals surface area contributed by atoms with Gasteiger partial charge in [-0.1, -0.05) is 18.2 Å². The van der Waals surface area contributed by atoms with Crippen molar-refractivity contribution in [1.29, 1.82) is 5.26 Å². The van der Waals surface area contributed by atoms with E-state index in [9.17, 15) is 0 Å². The Bertz CT molecular complexity index is 542. The van der Waals surface area contributed by atoms with E-state index >= 15 is 0 Å². The summed E-state index contributed by atoms with van der Waals surface area (Å²) >= 11 is 0. The average molecular weight is 271 g/mol. The van der Waals surface area contributed by atoms with E-state index in [1.807, 2.05) is 32.0 Å². The van der Waals surface area contributed by atoms with E-state index in [1.54, 1.807) is 7.11 Å². The lowest BCUT2D eigenvalue weighted by molar-refractivity contribution is 0.230. The number of hydrogen-bond acceptors (Lipinski definition) is 3. The maximum absolute atomic E-state index is 9.11. The lowest BCUT2D eigenvalue weighted by Gasteiger charge is -2.26. The van der Waals surface area contributed by atoms with Crippen LogP contribution in [0.25, 0.3) is 0 Å². The van der Waals surface area contributed by atoms with E-state index in [2.05, 4.69) is 18.2 Å². The number of methoxy groups -OCH3 is 1. The van der Waals surface area contributed by atoms with Gasteiger partial charge in [-0.2, -0.15) is 5.26 Å². The SMILES string of the molecule is COc1cc(C2(CC#N)C=CCC2)ccc1OC(C)C. The predicted octanol–water partition coefficient (Wildman–Crippen LogP) is 3.98. The first kappa shape index (κ1) is 14.5. The van der Waals surface area contributed by atoms with Crippen molar-refractivity contribution in [2.45, 2.75) is 44.6 Å². The van der Waals surface area contributed by atoms with Crippen LogP contribution in [0, 0.1) is 11.3 Å². The molecule has 1 aromatic carbocycles. The van der Waals surface area contributed by atoms with Crippen molar-refractivity contribution >= 4 is 0 Å². The molecular weight excluding hydrogens is 250 g/mol. The summed E-state index contributed by atoms with van der Waals surface area (Å²) < 4.78 is 11.2. The highest BCUT2D eigenvalue weighted by molar-refractivity contribution is 5.47. The van der Waals surface area contributed by atoms with Gasteiger partial charge < -0.3 is 9.47 Å². The molecule has 0 fully saturated rings. The highest BCUT2D eigenvalue weighted by Gasteiger charge is 2.32. The second-order valence-electron chi connectivity index (χ2n) is 5.46. The first-order valence-corrected chi connectivity index (χ1v) is 7.01. The van der Waals surface area contributed by atoms with Gasteiger partial charge in [0.2, 0.25) is 0 Å². The van der Waals surface area contributed by atoms with Crippen molar-refractivity contribution in [3.63, 3.8) is 0 Å². The lowest BCUT2D eigenvalue weighted by atomic mass is 9.77. The summed E-state index contributed by atoms with van der Waals surface area (Å²) in [5, 5.41) is 9.11. The van der Waals surface area contributed by atoms with E-state index in [0.29, 0.717) is 6.42 Å². The third kappa shape index (κ3) is 2.80. The number of allylic oxidation sites excluding steroid dienone is 2. The van der Waals surface area contributed by atoms with Gasteiger partial charge >= 0.3 is 0 Å². The first-order valence-electron chi connectivity index (χ1n) is 7.01. The Labute approximate surface area is 120 Å². The molecule has 106 valence electrons. The lowest BCUT2D eigenvalue weighted by Crippen LogP contribution is -2.20. The van der Waals surface area contributed by atoms with Gasteiger partial charge in [0.15, 0.2) is 11.5 Å². The molecule has 3 heteroatoms. The van der Waals surface area contributed by atoms with Crippen LogP contribution in [0.5, 0.6) is 11.5 Å². The Kier molecular flexibility index (Phi) is 4.34. The van der Waals surface area contributed by atoms with Gasteiger partial charge in [0, 0.05) is 11.8 Å². The summed E-state index contributed by atoms with van der Waals surface area (Å²) in [5.41, 5.74) is 0.957. The van der Waals surface area contributed by atoms with Crippen LogP contribution in [0.2, 0.25) is 0 Å². The van der Waals surface area contributed by atoms with Gasteiger partial charge in [0.1, 0.15) is 0 Å². The normalized spacial score (nSPS) is 20.9. The second-order valence-corrected chi connectivity index (χ2v) is 5.46. The van der Waals surface area contributed by atoms with Crippen molar-refractivity contribution in [3.05, 3.63) is 35.9 Å². The molecule has 1 aromatic rings. The highest BCUT2D eigenvalue weighted by Crippen LogP contribution is 2.42. The molecule has 0 radical (unpaired) electrons. The molecule has 0 N–H and O–H groups in total. The third-order valence-corrected chi connectivity index (χ3v) is 3.69. The average Bonchev–Trinajstić information content (AvgIpc) is 2.88. The van der Waals surface area contributed by atoms with Crippen LogP contribution < -0.4 is 9.47 Å². The first-order chi connectivity index (χ1) is 9.61. The van der Waals surface area contributed by atoms with E-state index in [-0.39, 0.29) is 11.5 Å². The standard InChI is InChI=1S/C17H21NO2/c1-13(2)20-15-7-6-14(12-16(15)19-3)17(10-11-18)8-4-5-9-17/h4,6-8,12-13H,5,9-10H2,1-3H3. The predicted molar refractivity (Wildman–Crippen MR) is 79.0 cm³/mol. The Morgan fingerprint density at radius 1 is 1.35 bits per heavy atom. The van der Waals surface area contributed by atoms with Crippen molar-refractivity contribution in [2.24, 2.45) is 0 Å². The Balaban J connectivity index is 2.38. The second kappa shape index (κ2) is 6.00. The summed E-state index contributed by atoms with van der Waals surface area (Å²) in [4.78, 5) is 0. The van der Waals surface area contributed by atoms with E-state index in [1.165, 1.54) is 0 Å². The van der Waals surface area contributed by atoms with Crippen molar-refractivity contribution in [2.75, 3.05) is 7.11 Å². The fourth-order valence-corrected chi connectivity index (χ4v) is 2.69. The molecule has 0 bridgehead atoms. The summed E-state index contributed by atoms with van der Waals surface area (Å²) in [6.45, 7) is 3.98. The smallest absolute Gasteiger partial charge is 0.161 e. The van der Waals surface area contributed by atoms with Gasteiger partial charge in [-0.3, -0.25) is 0 Å². The molecule has 20 heavy (non-hydrogen) atoms. The quantitative estimate of drug-likeness (QED) is 0.761. The van der Waals surface area contributed by atoms with Gasteiger partial charge in [-0.25, -0.2) is 0 Å². The summed E-state index contributed by atoms with van der Waals surface area (Å²) in [7, 11) is 1.65. The fraction of sp³-hybridized carbons (Fsp3) is 0.471. The van der Waals surface area contributed by atoms with E-state index in [4.69, 9.17) is 14.7 Å². The molecule has 0 aromatic heterocycles. The summed E-state index contributed by atoms with van der Waals surface area (Å²) in [6, 6.07) is 8.31. The zero-order valence-electron chi connectivity index (χ0n) is 12.3. The van der Waals surface area contributed by atoms with E-state index < -0.39 is 0 Å². The monoisotopic (exact) mass is 271 g/mol. The molecule has 2 rings (SSSR count). The number of hydrogen-bond donors (Lipinski definition) is 0. The van der Waals surface area contributed by atoms with Gasteiger partial charge in [0.05, 0.1) is 19.3 Å². The molecule has 0 heterocycles. The van der Waals surface area contributed by atoms with Crippen LogP contribution in [0.4, 0.5) is 0 Å². The molecule has 1 aliphatic rings. The molecule has 0 spiro atoms. The highest BCUT2D eigenvalue weighted by atomic mass is 16.5. The van der Waals surface area contributed by atoms with Crippen molar-refractivity contribution < 1.29 is 9.47 Å². The van der Waals surface area contributed by atoms with Crippen LogP contribution in [0.1, 0.15) is 38.7 Å². The zero-order valence-corrected chi connectivity index (χ0v) is 12.3. The zero-order chi connectivity index (χ0) is 14.6. The third-order valence-electron chi connectivity index (χ3n) is 3.69. The molecule has 0 aliphatic heterocycles. The van der Waals surface area contributed by atoms with Crippen molar-refractivity contribution in [3.8, 4) is 17.6 Å². The van der Waals surface area contributed by atoms with Gasteiger partial charge in [-0.05, 0) is 44.4 Å². The van der Waals surface area contributed by atoms with Crippen molar-refractivity contribution in [1.82, 2.24) is 0 Å². The number of nitriles is 1. The van der Waals surface area contributed by atoms with Crippen LogP contribution in [-0.2, 0) is 5.41 Å². The molecule has 0 saturated carbocycles. The molecule has 3 nitrogen and oxygen atoms in total. The van der Waals surface area contributed by atoms with Gasteiger partial charge in [0.25, 0.3) is 0 Å². The molecule has 0 saturated heterocycles. The summed E-state index contributed by atoms with van der Waals surface area (Å²) in [6.07, 6.45) is 6.92. The molecular formula is C17H21NO2. The number of nitrogens with zero attached hydrogens (tertiary/aromatic N) is 1. The Hall–Kier alpha value is -1.95. The molecule has 0 amide bonds. The number of ether oxygens (including phenoxy) is 2. The van der Waals surface area contributed by atoms with Crippen LogP contribution >= 0.6 is 0 Å². The largest absolute Gasteiger partial charge is 0.493 e. The maximum Gasteiger partial charge on any atom is 0.161 e.